The number of nitrogens with two attached hydrogens (primary N) is 1. The Morgan fingerprint density at radius 2 is 2.07 bits per heavy atom. The van der Waals surface area contributed by atoms with Gasteiger partial charge in [0.25, 0.3) is 0 Å². The molecule has 0 aliphatic heterocycles. The monoisotopic (exact) mass is 259 g/mol. The van der Waals surface area contributed by atoms with Gasteiger partial charge in [0.05, 0.1) is 0 Å². The number of hydrogen-bond acceptors (Lipinski definition) is 2. The minimum Gasteiger partial charge on any atom is -0.384 e. The molecule has 0 atom stereocenters. The highest BCUT2D eigenvalue weighted by molar-refractivity contribution is 8.23. The lowest BCUT2D eigenvalue weighted by Crippen LogP contribution is -2.02. The summed E-state index contributed by atoms with van der Waals surface area (Å²) < 4.78 is 0.494. The summed E-state index contributed by atoms with van der Waals surface area (Å²) in [5, 5.41) is 0. The summed E-state index contributed by atoms with van der Waals surface area (Å²) >= 11 is 6.38. The van der Waals surface area contributed by atoms with Gasteiger partial charge in [-0.1, -0.05) is 55.5 Å². The van der Waals surface area contributed by atoms with Crippen molar-refractivity contribution in [3.63, 3.8) is 0 Å². The first kappa shape index (κ1) is 14.8. The number of unbranched alkanes of at least 4 members (excludes halogenated alkanes) is 1. The average Bonchev–Trinajstić information content (AvgIpc) is 2.16. The number of rotatable bonds is 4. The van der Waals surface area contributed by atoms with Crippen LogP contribution in [0.15, 0.2) is 29.2 Å². The van der Waals surface area contributed by atoms with Crippen molar-refractivity contribution in [3.05, 3.63) is 29.8 Å². The van der Waals surface area contributed by atoms with Crippen molar-refractivity contribution in [2.75, 3.05) is 0 Å². The largest absolute Gasteiger partial charge is 0.384 e. The van der Waals surface area contributed by atoms with Gasteiger partial charge < -0.3 is 5.73 Å². The zero-order valence-electron chi connectivity index (χ0n) is 8.82. The van der Waals surface area contributed by atoms with E-state index in [9.17, 15) is 0 Å². The lowest BCUT2D eigenvalue weighted by atomic mass is 10.1. The molecule has 84 valence electrons. The van der Waals surface area contributed by atoms with Gasteiger partial charge in [0.1, 0.15) is 4.32 Å². The zero-order chi connectivity index (χ0) is 10.4. The first-order valence-electron chi connectivity index (χ1n) is 4.79. The molecule has 1 rings (SSSR count). The maximum Gasteiger partial charge on any atom is 0.136 e. The van der Waals surface area contributed by atoms with Gasteiger partial charge in [0, 0.05) is 4.90 Å². The Hall–Kier alpha value is -0.190. The number of benzene rings is 1. The molecule has 0 saturated carbocycles. The SMILES string of the molecule is CCCCc1ccccc1SC(N)=S.S. The highest BCUT2D eigenvalue weighted by Gasteiger charge is 2.02. The molecule has 1 nitrogen and oxygen atoms in total. The van der Waals surface area contributed by atoms with Crippen LogP contribution < -0.4 is 5.73 Å². The highest BCUT2D eigenvalue weighted by Crippen LogP contribution is 2.23. The Balaban J connectivity index is 0.00000196. The summed E-state index contributed by atoms with van der Waals surface area (Å²) in [5.41, 5.74) is 6.87. The topological polar surface area (TPSA) is 26.0 Å². The van der Waals surface area contributed by atoms with E-state index in [4.69, 9.17) is 18.0 Å². The van der Waals surface area contributed by atoms with Gasteiger partial charge in [0.15, 0.2) is 0 Å². The van der Waals surface area contributed by atoms with Crippen molar-refractivity contribution in [3.8, 4) is 0 Å². The van der Waals surface area contributed by atoms with E-state index in [-0.39, 0.29) is 13.5 Å². The van der Waals surface area contributed by atoms with Gasteiger partial charge in [-0.05, 0) is 24.5 Å². The van der Waals surface area contributed by atoms with Crippen LogP contribution in [-0.4, -0.2) is 4.32 Å². The van der Waals surface area contributed by atoms with Crippen molar-refractivity contribution in [2.45, 2.75) is 31.1 Å². The predicted molar refractivity (Wildman–Crippen MR) is 78.1 cm³/mol. The molecule has 0 saturated heterocycles. The predicted octanol–water partition coefficient (Wildman–Crippen LogP) is 3.48. The van der Waals surface area contributed by atoms with Gasteiger partial charge in [-0.25, -0.2) is 0 Å². The molecule has 2 N–H and O–H groups in total. The molecule has 0 amide bonds. The fourth-order valence-corrected chi connectivity index (χ4v) is 2.22. The smallest absolute Gasteiger partial charge is 0.136 e. The van der Waals surface area contributed by atoms with E-state index in [1.807, 2.05) is 6.07 Å². The van der Waals surface area contributed by atoms with E-state index in [0.29, 0.717) is 4.32 Å². The Morgan fingerprint density at radius 3 is 2.67 bits per heavy atom. The maximum absolute atomic E-state index is 5.52. The van der Waals surface area contributed by atoms with Crippen LogP contribution in [0, 0.1) is 0 Å². The van der Waals surface area contributed by atoms with E-state index in [1.165, 1.54) is 35.1 Å². The molecule has 0 aliphatic carbocycles. The van der Waals surface area contributed by atoms with Crippen molar-refractivity contribution in [2.24, 2.45) is 5.73 Å². The van der Waals surface area contributed by atoms with Gasteiger partial charge in [-0.3, -0.25) is 0 Å². The van der Waals surface area contributed by atoms with Gasteiger partial charge in [-0.15, -0.1) is 0 Å². The molecule has 0 spiro atoms. The summed E-state index contributed by atoms with van der Waals surface area (Å²) in [7, 11) is 0. The average molecular weight is 259 g/mol. The van der Waals surface area contributed by atoms with Gasteiger partial charge in [-0.2, -0.15) is 13.5 Å². The lowest BCUT2D eigenvalue weighted by Gasteiger charge is -2.06. The highest BCUT2D eigenvalue weighted by atomic mass is 32.2. The third kappa shape index (κ3) is 5.44. The van der Waals surface area contributed by atoms with Crippen LogP contribution in [0.3, 0.4) is 0 Å². The summed E-state index contributed by atoms with van der Waals surface area (Å²) in [4.78, 5) is 1.20. The van der Waals surface area contributed by atoms with E-state index in [1.54, 1.807) is 0 Å². The van der Waals surface area contributed by atoms with Gasteiger partial charge in [0.2, 0.25) is 0 Å². The molecule has 0 aromatic heterocycles. The van der Waals surface area contributed by atoms with Crippen LogP contribution in [0.2, 0.25) is 0 Å². The second-order valence-electron chi connectivity index (χ2n) is 3.13. The maximum atomic E-state index is 5.52. The standard InChI is InChI=1S/C11H15NS2.H2S/c1-2-3-6-9-7-4-5-8-10(9)14-11(12)13;/h4-5,7-8H,2-3,6H2,1H3,(H2,12,13);1H2. The summed E-state index contributed by atoms with van der Waals surface area (Å²) in [6, 6.07) is 8.32. The van der Waals surface area contributed by atoms with Crippen LogP contribution >= 0.6 is 37.5 Å². The lowest BCUT2D eigenvalue weighted by molar-refractivity contribution is 0.785. The van der Waals surface area contributed by atoms with Crippen LogP contribution in [0.1, 0.15) is 25.3 Å². The van der Waals surface area contributed by atoms with Crippen molar-refractivity contribution >= 4 is 41.8 Å². The van der Waals surface area contributed by atoms with Crippen molar-refractivity contribution in [1.29, 1.82) is 0 Å². The fraction of sp³-hybridized carbons (Fsp3) is 0.364. The Bertz CT molecular complexity index is 312. The molecule has 0 heterocycles. The van der Waals surface area contributed by atoms with Crippen LogP contribution in [0.5, 0.6) is 0 Å². The molecule has 0 aliphatic rings. The van der Waals surface area contributed by atoms with Crippen molar-refractivity contribution in [1.82, 2.24) is 0 Å². The first-order chi connectivity index (χ1) is 6.74. The van der Waals surface area contributed by atoms with Gasteiger partial charge >= 0.3 is 0 Å². The summed E-state index contributed by atoms with van der Waals surface area (Å²) in [6.45, 7) is 2.20. The van der Waals surface area contributed by atoms with E-state index in [0.717, 1.165) is 6.42 Å². The molecule has 4 heteroatoms. The normalized spacial score (nSPS) is 9.40. The summed E-state index contributed by atoms with van der Waals surface area (Å²) in [5.74, 6) is 0. The molecular formula is C11H17NS3. The third-order valence-corrected chi connectivity index (χ3v) is 3.05. The second kappa shape index (κ2) is 8.02. The first-order valence-corrected chi connectivity index (χ1v) is 6.01. The van der Waals surface area contributed by atoms with E-state index in [2.05, 4.69) is 25.1 Å². The number of thioether (sulfide) groups is 1. The number of thiocarbonyl (C=S) groups is 1. The molecule has 0 radical (unpaired) electrons. The quantitative estimate of drug-likeness (QED) is 0.662. The Kier molecular flexibility index (Phi) is 7.92. The van der Waals surface area contributed by atoms with Crippen LogP contribution in [0.25, 0.3) is 0 Å². The minimum atomic E-state index is 0. The summed E-state index contributed by atoms with van der Waals surface area (Å²) in [6.07, 6.45) is 3.54. The molecule has 0 fully saturated rings. The van der Waals surface area contributed by atoms with Crippen molar-refractivity contribution < 1.29 is 0 Å². The molecule has 1 aromatic rings. The number of hydrogen-bond donors (Lipinski definition) is 1. The fourth-order valence-electron chi connectivity index (χ4n) is 1.29. The molecule has 15 heavy (non-hydrogen) atoms. The third-order valence-electron chi connectivity index (χ3n) is 1.98. The van der Waals surface area contributed by atoms with E-state index < -0.39 is 0 Å². The molecule has 0 bridgehead atoms. The molecule has 0 unspecified atom stereocenters. The zero-order valence-corrected chi connectivity index (χ0v) is 11.5. The van der Waals surface area contributed by atoms with Crippen LogP contribution in [0.4, 0.5) is 0 Å². The molecular weight excluding hydrogens is 242 g/mol. The van der Waals surface area contributed by atoms with Crippen LogP contribution in [-0.2, 0) is 6.42 Å². The second-order valence-corrected chi connectivity index (χ2v) is 4.91. The van der Waals surface area contributed by atoms with E-state index >= 15 is 0 Å². The molecule has 1 aromatic carbocycles. The number of aryl methyl sites for hydroxylation is 1. The Labute approximate surface area is 108 Å². The Morgan fingerprint density at radius 1 is 1.40 bits per heavy atom. The minimum absolute atomic E-state index is 0.